The molecule has 0 spiro atoms. The summed E-state index contributed by atoms with van der Waals surface area (Å²) in [5, 5.41) is 3.53. The lowest BCUT2D eigenvalue weighted by atomic mass is 10.1. The van der Waals surface area contributed by atoms with E-state index in [1.54, 1.807) is 14.2 Å². The third kappa shape index (κ3) is 3.53. The van der Waals surface area contributed by atoms with Crippen molar-refractivity contribution >= 4 is 5.69 Å². The van der Waals surface area contributed by atoms with Crippen LogP contribution in [-0.2, 0) is 0 Å². The number of rotatable bonds is 3. The lowest BCUT2D eigenvalue weighted by Crippen LogP contribution is -2.38. The van der Waals surface area contributed by atoms with Crippen LogP contribution in [-0.4, -0.2) is 39.9 Å². The molecule has 1 aromatic rings. The Bertz CT molecular complexity index is 409. The topological polar surface area (TPSA) is 33.7 Å². The van der Waals surface area contributed by atoms with Crippen molar-refractivity contribution in [1.29, 1.82) is 0 Å². The van der Waals surface area contributed by atoms with Crippen LogP contribution < -0.4 is 19.7 Å². The number of ether oxygens (including phenoxy) is 2. The molecule has 1 saturated heterocycles. The molecule has 1 unspecified atom stereocenters. The van der Waals surface area contributed by atoms with Crippen LogP contribution in [0.5, 0.6) is 11.5 Å². The van der Waals surface area contributed by atoms with E-state index in [0.717, 1.165) is 49.7 Å². The summed E-state index contributed by atoms with van der Waals surface area (Å²) in [7, 11) is 3.42. The minimum atomic E-state index is 0.569. The van der Waals surface area contributed by atoms with Crippen molar-refractivity contribution in [3.63, 3.8) is 0 Å². The smallest absolute Gasteiger partial charge is 0.142 e. The van der Waals surface area contributed by atoms with Crippen molar-refractivity contribution < 1.29 is 9.47 Å². The highest BCUT2D eigenvalue weighted by Gasteiger charge is 2.16. The van der Waals surface area contributed by atoms with Gasteiger partial charge in [0.2, 0.25) is 0 Å². The van der Waals surface area contributed by atoms with Crippen molar-refractivity contribution in [2.24, 2.45) is 0 Å². The molecule has 1 aliphatic heterocycles. The van der Waals surface area contributed by atoms with Crippen molar-refractivity contribution in [2.45, 2.75) is 25.8 Å². The van der Waals surface area contributed by atoms with Gasteiger partial charge in [-0.3, -0.25) is 0 Å². The van der Waals surface area contributed by atoms with E-state index in [-0.39, 0.29) is 0 Å². The van der Waals surface area contributed by atoms with Gasteiger partial charge in [-0.15, -0.1) is 0 Å². The maximum atomic E-state index is 5.48. The first-order valence-corrected chi connectivity index (χ1v) is 6.95. The highest BCUT2D eigenvalue weighted by molar-refractivity contribution is 5.61. The number of nitrogens with one attached hydrogen (secondary N) is 1. The fourth-order valence-electron chi connectivity index (χ4n) is 2.47. The second kappa shape index (κ2) is 6.66. The number of hydrogen-bond acceptors (Lipinski definition) is 4. The zero-order valence-electron chi connectivity index (χ0n) is 12.1. The van der Waals surface area contributed by atoms with Crippen LogP contribution in [0.15, 0.2) is 18.2 Å². The number of methoxy groups -OCH3 is 2. The van der Waals surface area contributed by atoms with Crippen molar-refractivity contribution in [3.8, 4) is 11.5 Å². The SMILES string of the molecule is COc1ccc(OC)c(N2CCCNC(C)CC2)c1. The fraction of sp³-hybridized carbons (Fsp3) is 0.600. The summed E-state index contributed by atoms with van der Waals surface area (Å²) in [4.78, 5) is 2.40. The van der Waals surface area contributed by atoms with Gasteiger partial charge in [0.25, 0.3) is 0 Å². The third-order valence-corrected chi connectivity index (χ3v) is 3.66. The standard InChI is InChI=1S/C15H24N2O2/c1-12-7-10-17(9-4-8-16-12)14-11-13(18-2)5-6-15(14)19-3/h5-6,11-12,16H,4,7-10H2,1-3H3. The van der Waals surface area contributed by atoms with E-state index in [9.17, 15) is 0 Å². The van der Waals surface area contributed by atoms with Crippen LogP contribution in [0.1, 0.15) is 19.8 Å². The Kier molecular flexibility index (Phi) is 4.91. The van der Waals surface area contributed by atoms with E-state index in [1.165, 1.54) is 0 Å². The van der Waals surface area contributed by atoms with E-state index >= 15 is 0 Å². The molecule has 1 heterocycles. The molecular weight excluding hydrogens is 240 g/mol. The Morgan fingerprint density at radius 1 is 1.21 bits per heavy atom. The lowest BCUT2D eigenvalue weighted by Gasteiger charge is -2.30. The first-order valence-electron chi connectivity index (χ1n) is 6.95. The fourth-order valence-corrected chi connectivity index (χ4v) is 2.47. The molecule has 0 aromatic heterocycles. The van der Waals surface area contributed by atoms with E-state index in [2.05, 4.69) is 23.2 Å². The highest BCUT2D eigenvalue weighted by Crippen LogP contribution is 2.32. The molecule has 19 heavy (non-hydrogen) atoms. The summed E-state index contributed by atoms with van der Waals surface area (Å²) in [5.74, 6) is 1.80. The molecule has 4 nitrogen and oxygen atoms in total. The Morgan fingerprint density at radius 3 is 2.79 bits per heavy atom. The average Bonchev–Trinajstić information content (AvgIpc) is 2.43. The van der Waals surface area contributed by atoms with Crippen LogP contribution in [0.3, 0.4) is 0 Å². The Morgan fingerprint density at radius 2 is 2.05 bits per heavy atom. The highest BCUT2D eigenvalue weighted by atomic mass is 16.5. The van der Waals surface area contributed by atoms with Gasteiger partial charge in [0.05, 0.1) is 19.9 Å². The van der Waals surface area contributed by atoms with Gasteiger partial charge >= 0.3 is 0 Å². The molecule has 4 heteroatoms. The zero-order chi connectivity index (χ0) is 13.7. The minimum Gasteiger partial charge on any atom is -0.497 e. The second-order valence-electron chi connectivity index (χ2n) is 5.02. The Hall–Kier alpha value is -1.42. The van der Waals surface area contributed by atoms with E-state index in [4.69, 9.17) is 9.47 Å². The quantitative estimate of drug-likeness (QED) is 0.908. The molecule has 0 saturated carbocycles. The molecule has 0 aliphatic carbocycles. The molecule has 1 atom stereocenters. The lowest BCUT2D eigenvalue weighted by molar-refractivity contribution is 0.400. The summed E-state index contributed by atoms with van der Waals surface area (Å²) >= 11 is 0. The van der Waals surface area contributed by atoms with Gasteiger partial charge < -0.3 is 19.7 Å². The molecule has 106 valence electrons. The van der Waals surface area contributed by atoms with Crippen LogP contribution in [0, 0.1) is 0 Å². The van der Waals surface area contributed by atoms with Gasteiger partial charge in [0.15, 0.2) is 0 Å². The van der Waals surface area contributed by atoms with Crippen LogP contribution in [0.4, 0.5) is 5.69 Å². The van der Waals surface area contributed by atoms with Crippen molar-refractivity contribution in [1.82, 2.24) is 5.32 Å². The van der Waals surface area contributed by atoms with E-state index < -0.39 is 0 Å². The van der Waals surface area contributed by atoms with Crippen molar-refractivity contribution in [2.75, 3.05) is 38.8 Å². The Balaban J connectivity index is 2.21. The predicted molar refractivity (Wildman–Crippen MR) is 78.5 cm³/mol. The first kappa shape index (κ1) is 14.0. The van der Waals surface area contributed by atoms with Gasteiger partial charge in [-0.2, -0.15) is 0 Å². The number of hydrogen-bond donors (Lipinski definition) is 1. The Labute approximate surface area is 115 Å². The summed E-state index contributed by atoms with van der Waals surface area (Å²) in [6.45, 7) is 5.40. The van der Waals surface area contributed by atoms with Gasteiger partial charge in [-0.25, -0.2) is 0 Å². The van der Waals surface area contributed by atoms with Crippen LogP contribution >= 0.6 is 0 Å². The molecule has 0 bridgehead atoms. The molecule has 0 radical (unpaired) electrons. The summed E-state index contributed by atoms with van der Waals surface area (Å²) in [6, 6.07) is 6.56. The molecule has 1 aromatic carbocycles. The molecule has 2 rings (SSSR count). The first-order chi connectivity index (χ1) is 9.24. The number of benzene rings is 1. The molecule has 1 aliphatic rings. The van der Waals surface area contributed by atoms with Gasteiger partial charge in [-0.05, 0) is 38.4 Å². The average molecular weight is 264 g/mol. The van der Waals surface area contributed by atoms with Gasteiger partial charge in [0.1, 0.15) is 11.5 Å². The maximum absolute atomic E-state index is 5.48. The number of anilines is 1. The van der Waals surface area contributed by atoms with Gasteiger partial charge in [-0.1, -0.05) is 0 Å². The van der Waals surface area contributed by atoms with Crippen LogP contribution in [0.2, 0.25) is 0 Å². The van der Waals surface area contributed by atoms with Gasteiger partial charge in [0, 0.05) is 25.2 Å². The normalized spacial score (nSPS) is 20.6. The minimum absolute atomic E-state index is 0.569. The zero-order valence-corrected chi connectivity index (χ0v) is 12.1. The summed E-state index contributed by atoms with van der Waals surface area (Å²) in [5.41, 5.74) is 1.14. The summed E-state index contributed by atoms with van der Waals surface area (Å²) in [6.07, 6.45) is 2.28. The third-order valence-electron chi connectivity index (χ3n) is 3.66. The largest absolute Gasteiger partial charge is 0.497 e. The maximum Gasteiger partial charge on any atom is 0.142 e. The monoisotopic (exact) mass is 264 g/mol. The molecular formula is C15H24N2O2. The molecule has 1 N–H and O–H groups in total. The van der Waals surface area contributed by atoms with Crippen molar-refractivity contribution in [3.05, 3.63) is 18.2 Å². The number of nitrogens with zero attached hydrogens (tertiary/aromatic N) is 1. The van der Waals surface area contributed by atoms with E-state index in [1.807, 2.05) is 12.1 Å². The molecule has 1 fully saturated rings. The molecule has 0 amide bonds. The second-order valence-corrected chi connectivity index (χ2v) is 5.02. The predicted octanol–water partition coefficient (Wildman–Crippen LogP) is 2.28. The summed E-state index contributed by atoms with van der Waals surface area (Å²) < 4.78 is 10.8. The van der Waals surface area contributed by atoms with E-state index in [0.29, 0.717) is 6.04 Å². The van der Waals surface area contributed by atoms with Crippen LogP contribution in [0.25, 0.3) is 0 Å².